The third kappa shape index (κ3) is 3.82. The lowest BCUT2D eigenvalue weighted by atomic mass is 9.94. The third-order valence-corrected chi connectivity index (χ3v) is 5.71. The highest BCUT2D eigenvalue weighted by Gasteiger charge is 2.32. The smallest absolute Gasteiger partial charge is 0.0952 e. The number of aliphatic hydroxyl groups is 1. The number of fused-ring (bicyclic) bond motifs is 1. The van der Waals surface area contributed by atoms with Gasteiger partial charge in [-0.05, 0) is 49.9 Å². The van der Waals surface area contributed by atoms with E-state index < -0.39 is 6.10 Å². The van der Waals surface area contributed by atoms with Crippen LogP contribution in [-0.2, 0) is 0 Å². The van der Waals surface area contributed by atoms with E-state index in [4.69, 9.17) is 4.98 Å². The zero-order valence-electron chi connectivity index (χ0n) is 17.0. The molecule has 1 aliphatic heterocycles. The lowest BCUT2D eigenvalue weighted by Gasteiger charge is -2.30. The molecule has 0 spiro atoms. The number of hydrogen-bond donors (Lipinski definition) is 1. The quantitative estimate of drug-likeness (QED) is 0.657. The van der Waals surface area contributed by atoms with Crippen molar-refractivity contribution < 1.29 is 5.11 Å². The maximum Gasteiger partial charge on any atom is 0.0952 e. The minimum absolute atomic E-state index is 0.159. The van der Waals surface area contributed by atoms with Gasteiger partial charge < -0.3 is 5.11 Å². The van der Waals surface area contributed by atoms with Crippen LogP contribution in [0.4, 0.5) is 0 Å². The minimum Gasteiger partial charge on any atom is -0.387 e. The molecule has 0 aliphatic carbocycles. The average Bonchev–Trinajstić information content (AvgIpc) is 3.14. The Morgan fingerprint density at radius 2 is 1.89 bits per heavy atom. The fourth-order valence-electron chi connectivity index (χ4n) is 4.34. The number of aromatic nitrogens is 1. The van der Waals surface area contributed by atoms with E-state index in [-0.39, 0.29) is 6.04 Å². The van der Waals surface area contributed by atoms with Crippen LogP contribution in [0, 0.1) is 12.8 Å². The van der Waals surface area contributed by atoms with Gasteiger partial charge in [0.2, 0.25) is 0 Å². The molecule has 1 N–H and O–H groups in total. The van der Waals surface area contributed by atoms with Crippen molar-refractivity contribution in [2.24, 2.45) is 0 Å². The number of aryl methyl sites for hydroxylation is 1. The molecule has 3 nitrogen and oxygen atoms in total. The van der Waals surface area contributed by atoms with Gasteiger partial charge in [-0.2, -0.15) is 0 Å². The first-order chi connectivity index (χ1) is 13.5. The third-order valence-electron chi connectivity index (χ3n) is 5.71. The highest BCUT2D eigenvalue weighted by molar-refractivity contribution is 5.85. The molecule has 1 saturated heterocycles. The standard InChI is InChI=1S/C25H29N2O/c1-17(2)16-27-14-6-9-24(27)25(28)21-15-23(19-12-10-18(3)11-13-19)26-22-8-5-4-7-20(21)22/h4-5,7-8,10-13,15,24-25,28H,6,9,14,16H2,1-3H3. The second-order valence-corrected chi connectivity index (χ2v) is 8.31. The summed E-state index contributed by atoms with van der Waals surface area (Å²) in [7, 11) is 0. The monoisotopic (exact) mass is 373 g/mol. The second kappa shape index (κ2) is 8.02. The van der Waals surface area contributed by atoms with Crippen molar-refractivity contribution in [2.75, 3.05) is 13.1 Å². The van der Waals surface area contributed by atoms with E-state index in [9.17, 15) is 5.11 Å². The van der Waals surface area contributed by atoms with Crippen LogP contribution in [0.25, 0.3) is 22.2 Å². The Morgan fingerprint density at radius 3 is 2.64 bits per heavy atom. The van der Waals surface area contributed by atoms with Crippen molar-refractivity contribution >= 4 is 10.9 Å². The summed E-state index contributed by atoms with van der Waals surface area (Å²) in [6.07, 6.45) is 1.66. The van der Waals surface area contributed by atoms with Crippen LogP contribution in [0.2, 0.25) is 0 Å². The number of aliphatic hydroxyl groups excluding tert-OH is 1. The minimum atomic E-state index is -0.515. The Labute approximate surface area is 168 Å². The van der Waals surface area contributed by atoms with Crippen molar-refractivity contribution in [2.45, 2.75) is 45.8 Å². The Balaban J connectivity index is 1.77. The molecule has 2 unspecified atom stereocenters. The molecule has 0 saturated carbocycles. The number of nitrogens with zero attached hydrogens (tertiary/aromatic N) is 2. The van der Waals surface area contributed by atoms with E-state index in [0.717, 1.165) is 53.7 Å². The van der Waals surface area contributed by atoms with Crippen LogP contribution in [-0.4, -0.2) is 34.1 Å². The summed E-state index contributed by atoms with van der Waals surface area (Å²) in [5.74, 6) is 1.39. The fraction of sp³-hybridized carbons (Fsp3) is 0.360. The molecule has 28 heavy (non-hydrogen) atoms. The number of pyridine rings is 1. The van der Waals surface area contributed by atoms with Gasteiger partial charge in [0.1, 0.15) is 0 Å². The van der Waals surface area contributed by atoms with E-state index in [1.807, 2.05) is 18.2 Å². The lowest BCUT2D eigenvalue weighted by Crippen LogP contribution is -2.36. The van der Waals surface area contributed by atoms with Crippen molar-refractivity contribution in [3.05, 3.63) is 71.6 Å². The first-order valence-corrected chi connectivity index (χ1v) is 10.2. The lowest BCUT2D eigenvalue weighted by molar-refractivity contribution is 0.0761. The van der Waals surface area contributed by atoms with E-state index >= 15 is 0 Å². The summed E-state index contributed by atoms with van der Waals surface area (Å²) >= 11 is 0. The van der Waals surface area contributed by atoms with Crippen LogP contribution in [0.5, 0.6) is 0 Å². The Bertz CT molecular complexity index is 948. The number of likely N-dealkylation sites (tertiary alicyclic amines) is 1. The number of rotatable bonds is 5. The van der Waals surface area contributed by atoms with Crippen molar-refractivity contribution in [1.82, 2.24) is 9.88 Å². The van der Waals surface area contributed by atoms with Gasteiger partial charge >= 0.3 is 0 Å². The summed E-state index contributed by atoms with van der Waals surface area (Å²) in [6, 6.07) is 18.9. The molecule has 0 bridgehead atoms. The van der Waals surface area contributed by atoms with E-state index in [2.05, 4.69) is 62.1 Å². The molecule has 3 aromatic rings. The Morgan fingerprint density at radius 1 is 1.14 bits per heavy atom. The maximum absolute atomic E-state index is 11.4. The van der Waals surface area contributed by atoms with Gasteiger partial charge in [0, 0.05) is 23.5 Å². The molecule has 3 heteroatoms. The van der Waals surface area contributed by atoms with Gasteiger partial charge in [0.05, 0.1) is 17.3 Å². The van der Waals surface area contributed by atoms with Crippen molar-refractivity contribution in [1.29, 1.82) is 0 Å². The van der Waals surface area contributed by atoms with Crippen LogP contribution < -0.4 is 0 Å². The summed E-state index contributed by atoms with van der Waals surface area (Å²) in [4.78, 5) is 7.31. The summed E-state index contributed by atoms with van der Waals surface area (Å²) < 4.78 is 0. The molecular weight excluding hydrogens is 344 g/mol. The van der Waals surface area contributed by atoms with Crippen molar-refractivity contribution in [3.63, 3.8) is 0 Å². The first kappa shape index (κ1) is 19.1. The molecule has 2 heterocycles. The second-order valence-electron chi connectivity index (χ2n) is 8.31. The SMILES string of the molecule is C[C](C)CN1CCCC1C(O)c1cc(-c2ccc(C)cc2)nc2ccccc12. The van der Waals surface area contributed by atoms with Gasteiger partial charge in [0.15, 0.2) is 0 Å². The molecular formula is C25H29N2O. The molecule has 0 amide bonds. The van der Waals surface area contributed by atoms with Gasteiger partial charge in [-0.3, -0.25) is 4.90 Å². The Hall–Kier alpha value is -2.23. The van der Waals surface area contributed by atoms with E-state index in [0.29, 0.717) is 0 Å². The highest BCUT2D eigenvalue weighted by atomic mass is 16.3. The van der Waals surface area contributed by atoms with Crippen molar-refractivity contribution in [3.8, 4) is 11.3 Å². The van der Waals surface area contributed by atoms with Crippen LogP contribution in [0.3, 0.4) is 0 Å². The fourth-order valence-corrected chi connectivity index (χ4v) is 4.34. The summed E-state index contributed by atoms with van der Waals surface area (Å²) in [5, 5.41) is 12.5. The average molecular weight is 374 g/mol. The molecule has 1 radical (unpaired) electrons. The molecule has 1 aromatic heterocycles. The molecule has 1 aliphatic rings. The van der Waals surface area contributed by atoms with E-state index in [1.54, 1.807) is 0 Å². The maximum atomic E-state index is 11.4. The number of para-hydroxylation sites is 1. The highest BCUT2D eigenvalue weighted by Crippen LogP contribution is 2.35. The van der Waals surface area contributed by atoms with E-state index in [1.165, 1.54) is 11.5 Å². The topological polar surface area (TPSA) is 36.4 Å². The largest absolute Gasteiger partial charge is 0.387 e. The van der Waals surface area contributed by atoms with Gasteiger partial charge in [-0.15, -0.1) is 0 Å². The van der Waals surface area contributed by atoms with Gasteiger partial charge in [-0.25, -0.2) is 4.98 Å². The summed E-state index contributed by atoms with van der Waals surface area (Å²) in [5.41, 5.74) is 5.18. The predicted octanol–water partition coefficient (Wildman–Crippen LogP) is 5.32. The normalized spacial score (nSPS) is 18.8. The number of benzene rings is 2. The summed E-state index contributed by atoms with van der Waals surface area (Å²) in [6.45, 7) is 8.43. The number of hydrogen-bond acceptors (Lipinski definition) is 3. The van der Waals surface area contributed by atoms with Crippen LogP contribution in [0.1, 0.15) is 43.9 Å². The predicted molar refractivity (Wildman–Crippen MR) is 116 cm³/mol. The molecule has 1 fully saturated rings. The Kier molecular flexibility index (Phi) is 5.47. The molecule has 4 rings (SSSR count). The zero-order valence-corrected chi connectivity index (χ0v) is 17.0. The van der Waals surface area contributed by atoms with Gasteiger partial charge in [-0.1, -0.05) is 61.9 Å². The van der Waals surface area contributed by atoms with Crippen LogP contribution in [0.15, 0.2) is 54.6 Å². The van der Waals surface area contributed by atoms with Gasteiger partial charge in [0.25, 0.3) is 0 Å². The molecule has 145 valence electrons. The molecule has 2 atom stereocenters. The van der Waals surface area contributed by atoms with Crippen LogP contribution >= 0.6 is 0 Å². The zero-order chi connectivity index (χ0) is 19.7. The molecule has 2 aromatic carbocycles. The first-order valence-electron chi connectivity index (χ1n) is 10.2.